The molecule has 0 N–H and O–H groups in total. The molecule has 0 aromatic rings. The summed E-state index contributed by atoms with van der Waals surface area (Å²) in [5.74, 6) is 1.42. The highest BCUT2D eigenvalue weighted by Gasteiger charge is 2.44. The molecule has 2 fully saturated rings. The highest BCUT2D eigenvalue weighted by molar-refractivity contribution is 7.99. The molecule has 2 aliphatic rings. The first kappa shape index (κ1) is 14.7. The van der Waals surface area contributed by atoms with Gasteiger partial charge in [-0.25, -0.2) is 0 Å². The highest BCUT2D eigenvalue weighted by atomic mass is 32.2. The van der Waals surface area contributed by atoms with Gasteiger partial charge < -0.3 is 14.4 Å². The number of carbonyl (C=O) groups is 2. The maximum atomic E-state index is 11.9. The third-order valence-electron chi connectivity index (χ3n) is 3.70. The van der Waals surface area contributed by atoms with Crippen molar-refractivity contribution in [3.63, 3.8) is 0 Å². The summed E-state index contributed by atoms with van der Waals surface area (Å²) >= 11 is 1.64. The number of rotatable bonds is 6. The molecule has 19 heavy (non-hydrogen) atoms. The number of nitrogens with zero attached hydrogens (tertiary/aromatic N) is 1. The zero-order chi connectivity index (χ0) is 13.7. The molecule has 1 saturated heterocycles. The second-order valence-electron chi connectivity index (χ2n) is 5.24. The molecule has 0 atom stereocenters. The molecule has 0 bridgehead atoms. The van der Waals surface area contributed by atoms with Gasteiger partial charge in [0.2, 0.25) is 5.91 Å². The highest BCUT2D eigenvalue weighted by Crippen LogP contribution is 2.51. The van der Waals surface area contributed by atoms with Gasteiger partial charge in [-0.3, -0.25) is 9.59 Å². The molecule has 0 aromatic carbocycles. The van der Waals surface area contributed by atoms with Gasteiger partial charge in [0, 0.05) is 13.1 Å². The van der Waals surface area contributed by atoms with Crippen LogP contribution in [0, 0.1) is 5.41 Å². The van der Waals surface area contributed by atoms with Crippen LogP contribution in [-0.2, 0) is 19.1 Å². The molecule has 1 aliphatic heterocycles. The van der Waals surface area contributed by atoms with Crippen molar-refractivity contribution in [2.24, 2.45) is 5.41 Å². The maximum Gasteiger partial charge on any atom is 0.306 e. The van der Waals surface area contributed by atoms with Gasteiger partial charge >= 0.3 is 5.97 Å². The number of thioether (sulfide) groups is 1. The first-order chi connectivity index (χ1) is 9.15. The van der Waals surface area contributed by atoms with Crippen LogP contribution in [0.3, 0.4) is 0 Å². The van der Waals surface area contributed by atoms with Crippen LogP contribution >= 0.6 is 11.8 Å². The third kappa shape index (κ3) is 4.38. The van der Waals surface area contributed by atoms with Gasteiger partial charge in [-0.05, 0) is 24.0 Å². The molecule has 0 unspecified atom stereocenters. The number of esters is 1. The summed E-state index contributed by atoms with van der Waals surface area (Å²) in [6.45, 7) is 2.69. The van der Waals surface area contributed by atoms with E-state index in [-0.39, 0.29) is 17.3 Å². The van der Waals surface area contributed by atoms with E-state index in [4.69, 9.17) is 9.47 Å². The fraction of sp³-hybridized carbons (Fsp3) is 0.846. The molecule has 1 heterocycles. The zero-order valence-electron chi connectivity index (χ0n) is 11.4. The summed E-state index contributed by atoms with van der Waals surface area (Å²) in [5.41, 5.74) is 0.100. The minimum absolute atomic E-state index is 0.100. The molecule has 1 saturated carbocycles. The minimum atomic E-state index is -0.141. The summed E-state index contributed by atoms with van der Waals surface area (Å²) < 4.78 is 9.93. The Balaban J connectivity index is 1.65. The van der Waals surface area contributed by atoms with Crippen LogP contribution < -0.4 is 0 Å². The predicted octanol–water partition coefficient (Wildman–Crippen LogP) is 0.922. The minimum Gasteiger partial charge on any atom is -0.469 e. The van der Waals surface area contributed by atoms with E-state index in [0.29, 0.717) is 38.5 Å². The lowest BCUT2D eigenvalue weighted by Gasteiger charge is -2.27. The standard InChI is InChI=1S/C13H21NO4S/c1-17-12(16)8-13(2-3-13)10-19-9-11(15)14-4-6-18-7-5-14/h2-10H2,1H3. The molecule has 2 rings (SSSR count). The average Bonchev–Trinajstić information content (AvgIpc) is 3.19. The van der Waals surface area contributed by atoms with Crippen molar-refractivity contribution in [1.29, 1.82) is 0 Å². The molecule has 1 aliphatic carbocycles. The average molecular weight is 287 g/mol. The molecule has 6 heteroatoms. The predicted molar refractivity (Wildman–Crippen MR) is 73.0 cm³/mol. The number of morpholine rings is 1. The van der Waals surface area contributed by atoms with E-state index in [1.54, 1.807) is 11.8 Å². The Bertz CT molecular complexity index is 338. The van der Waals surface area contributed by atoms with Gasteiger partial charge in [0.25, 0.3) is 0 Å². The van der Waals surface area contributed by atoms with Crippen molar-refractivity contribution in [3.05, 3.63) is 0 Å². The second kappa shape index (κ2) is 6.61. The normalized spacial score (nSPS) is 21.0. The SMILES string of the molecule is COC(=O)CC1(CSCC(=O)N2CCOCC2)CC1. The summed E-state index contributed by atoms with van der Waals surface area (Å²) in [6, 6.07) is 0. The Morgan fingerprint density at radius 2 is 2.00 bits per heavy atom. The lowest BCUT2D eigenvalue weighted by Crippen LogP contribution is -2.41. The number of methoxy groups -OCH3 is 1. The number of carbonyl (C=O) groups excluding carboxylic acids is 2. The lowest BCUT2D eigenvalue weighted by atomic mass is 10.1. The topological polar surface area (TPSA) is 55.8 Å². The van der Waals surface area contributed by atoms with Crippen molar-refractivity contribution < 1.29 is 19.1 Å². The summed E-state index contributed by atoms with van der Waals surface area (Å²) in [6.07, 6.45) is 2.63. The molecule has 0 radical (unpaired) electrons. The quantitative estimate of drug-likeness (QED) is 0.680. The Morgan fingerprint density at radius 3 is 2.58 bits per heavy atom. The van der Waals surface area contributed by atoms with Crippen LogP contribution in [0.2, 0.25) is 0 Å². The van der Waals surface area contributed by atoms with Crippen LogP contribution in [0.4, 0.5) is 0 Å². The van der Waals surface area contributed by atoms with Crippen molar-refractivity contribution in [2.45, 2.75) is 19.3 Å². The monoisotopic (exact) mass is 287 g/mol. The van der Waals surface area contributed by atoms with Crippen molar-refractivity contribution in [1.82, 2.24) is 4.90 Å². The maximum absolute atomic E-state index is 11.9. The molecule has 0 aromatic heterocycles. The van der Waals surface area contributed by atoms with E-state index in [0.717, 1.165) is 18.6 Å². The Hall–Kier alpha value is -0.750. The molecule has 1 amide bonds. The van der Waals surface area contributed by atoms with Crippen LogP contribution in [0.5, 0.6) is 0 Å². The van der Waals surface area contributed by atoms with Gasteiger partial charge in [-0.1, -0.05) is 0 Å². The van der Waals surface area contributed by atoms with Crippen LogP contribution in [0.25, 0.3) is 0 Å². The molecular weight excluding hydrogens is 266 g/mol. The van der Waals surface area contributed by atoms with Gasteiger partial charge in [-0.2, -0.15) is 11.8 Å². The Labute approximate surface area is 118 Å². The summed E-state index contributed by atoms with van der Waals surface area (Å²) in [7, 11) is 1.42. The van der Waals surface area contributed by atoms with Crippen LogP contribution in [-0.4, -0.2) is 61.7 Å². The van der Waals surface area contributed by atoms with Crippen LogP contribution in [0.15, 0.2) is 0 Å². The Kier molecular flexibility index (Phi) is 5.10. The van der Waals surface area contributed by atoms with Gasteiger partial charge in [0.05, 0.1) is 32.5 Å². The van der Waals surface area contributed by atoms with Crippen molar-refractivity contribution in [2.75, 3.05) is 44.9 Å². The molecule has 108 valence electrons. The first-order valence-electron chi connectivity index (χ1n) is 6.65. The van der Waals surface area contributed by atoms with Crippen LogP contribution in [0.1, 0.15) is 19.3 Å². The van der Waals surface area contributed by atoms with Crippen molar-refractivity contribution >= 4 is 23.6 Å². The number of hydrogen-bond acceptors (Lipinski definition) is 5. The van der Waals surface area contributed by atoms with Gasteiger partial charge in [-0.15, -0.1) is 0 Å². The second-order valence-corrected chi connectivity index (χ2v) is 6.22. The molecule has 5 nitrogen and oxygen atoms in total. The fourth-order valence-corrected chi connectivity index (χ4v) is 3.47. The van der Waals surface area contributed by atoms with Crippen molar-refractivity contribution in [3.8, 4) is 0 Å². The number of amides is 1. The zero-order valence-corrected chi connectivity index (χ0v) is 12.2. The molecular formula is C13H21NO4S. The van der Waals surface area contributed by atoms with E-state index in [9.17, 15) is 9.59 Å². The summed E-state index contributed by atoms with van der Waals surface area (Å²) in [5, 5.41) is 0. The first-order valence-corrected chi connectivity index (χ1v) is 7.81. The van der Waals surface area contributed by atoms with E-state index in [2.05, 4.69) is 0 Å². The van der Waals surface area contributed by atoms with E-state index in [1.165, 1.54) is 7.11 Å². The van der Waals surface area contributed by atoms with Gasteiger partial charge in [0.15, 0.2) is 0 Å². The number of ether oxygens (including phenoxy) is 2. The largest absolute Gasteiger partial charge is 0.469 e. The third-order valence-corrected chi connectivity index (χ3v) is 4.97. The molecule has 0 spiro atoms. The smallest absolute Gasteiger partial charge is 0.306 e. The lowest BCUT2D eigenvalue weighted by molar-refractivity contribution is -0.141. The fourth-order valence-electron chi connectivity index (χ4n) is 2.19. The Morgan fingerprint density at radius 1 is 1.32 bits per heavy atom. The summed E-state index contributed by atoms with van der Waals surface area (Å²) in [4.78, 5) is 25.1. The van der Waals surface area contributed by atoms with E-state index < -0.39 is 0 Å². The number of hydrogen-bond donors (Lipinski definition) is 0. The van der Waals surface area contributed by atoms with E-state index in [1.807, 2.05) is 4.90 Å². The van der Waals surface area contributed by atoms with Gasteiger partial charge in [0.1, 0.15) is 0 Å². The van der Waals surface area contributed by atoms with E-state index >= 15 is 0 Å².